The van der Waals surface area contributed by atoms with Gasteiger partial charge in [-0.2, -0.15) is 0 Å². The first-order chi connectivity index (χ1) is 17.8. The zero-order valence-corrected chi connectivity index (χ0v) is 22.8. The Morgan fingerprint density at radius 1 is 1.22 bits per heavy atom. The number of nitrogens with zero attached hydrogens (tertiary/aromatic N) is 2. The zero-order valence-electron chi connectivity index (χ0n) is 22.8. The van der Waals surface area contributed by atoms with E-state index in [9.17, 15) is 13.6 Å². The Bertz CT molecular complexity index is 1070. The fourth-order valence-corrected chi connectivity index (χ4v) is 6.58. The molecule has 2 saturated heterocycles. The molecule has 202 valence electrons. The molecule has 4 nitrogen and oxygen atoms in total. The van der Waals surface area contributed by atoms with Gasteiger partial charge in [0.15, 0.2) is 0 Å². The van der Waals surface area contributed by atoms with Gasteiger partial charge in [-0.05, 0) is 62.8 Å². The second-order valence-corrected chi connectivity index (χ2v) is 10.7. The lowest BCUT2D eigenvalue weighted by Crippen LogP contribution is -2.43. The van der Waals surface area contributed by atoms with Crippen molar-refractivity contribution < 1.29 is 18.3 Å². The highest BCUT2D eigenvalue weighted by Gasteiger charge is 2.56. The average Bonchev–Trinajstić information content (AvgIpc) is 3.59. The zero-order chi connectivity index (χ0) is 26.7. The Morgan fingerprint density at radius 3 is 2.62 bits per heavy atom. The van der Waals surface area contributed by atoms with Crippen LogP contribution in [0.5, 0.6) is 0 Å². The SMILES string of the molecule is C=C(/C(F)=C\C(F)=C/C)[C@@H]1CN(CC)C[C@H]1C(=O)N(CC)CCC1(CC)c2ccccc2CCC2OC21. The fourth-order valence-electron chi connectivity index (χ4n) is 6.58. The van der Waals surface area contributed by atoms with E-state index in [0.717, 1.165) is 38.3 Å². The number of halogens is 2. The number of carbonyl (C=O) groups excluding carboxylic acids is 1. The molecule has 5 atom stereocenters. The van der Waals surface area contributed by atoms with E-state index in [4.69, 9.17) is 4.74 Å². The Kier molecular flexibility index (Phi) is 8.70. The van der Waals surface area contributed by atoms with Gasteiger partial charge in [-0.25, -0.2) is 8.78 Å². The van der Waals surface area contributed by atoms with Crippen molar-refractivity contribution in [3.05, 3.63) is 71.4 Å². The number of fused-ring (bicyclic) bond motifs is 2. The lowest BCUT2D eigenvalue weighted by Gasteiger charge is -2.36. The van der Waals surface area contributed by atoms with Crippen molar-refractivity contribution in [2.45, 2.75) is 71.0 Å². The summed E-state index contributed by atoms with van der Waals surface area (Å²) in [5, 5.41) is 0. The summed E-state index contributed by atoms with van der Waals surface area (Å²) >= 11 is 0. The number of amides is 1. The van der Waals surface area contributed by atoms with Crippen LogP contribution in [-0.4, -0.2) is 60.6 Å². The molecule has 3 unspecified atom stereocenters. The predicted molar refractivity (Wildman–Crippen MR) is 145 cm³/mol. The van der Waals surface area contributed by atoms with Crippen molar-refractivity contribution in [2.24, 2.45) is 11.8 Å². The van der Waals surface area contributed by atoms with Gasteiger partial charge in [0, 0.05) is 43.6 Å². The molecule has 0 spiro atoms. The van der Waals surface area contributed by atoms with Crippen LogP contribution in [0.25, 0.3) is 0 Å². The lowest BCUT2D eigenvalue weighted by molar-refractivity contribution is -0.136. The number of rotatable bonds is 10. The average molecular weight is 513 g/mol. The highest BCUT2D eigenvalue weighted by Crippen LogP contribution is 2.51. The molecule has 0 bridgehead atoms. The van der Waals surface area contributed by atoms with Crippen molar-refractivity contribution in [1.82, 2.24) is 9.80 Å². The maximum absolute atomic E-state index is 14.9. The molecule has 1 aromatic carbocycles. The van der Waals surface area contributed by atoms with Crippen LogP contribution >= 0.6 is 0 Å². The molecular weight excluding hydrogens is 470 g/mol. The molecule has 1 aromatic rings. The molecule has 3 aliphatic rings. The number of likely N-dealkylation sites (tertiary alicyclic amines) is 1. The highest BCUT2D eigenvalue weighted by atomic mass is 19.1. The van der Waals surface area contributed by atoms with E-state index < -0.39 is 17.6 Å². The monoisotopic (exact) mass is 512 g/mol. The quantitative estimate of drug-likeness (QED) is 0.279. The second kappa shape index (κ2) is 11.6. The van der Waals surface area contributed by atoms with Crippen LogP contribution in [0.1, 0.15) is 58.1 Å². The van der Waals surface area contributed by atoms with Crippen LogP contribution in [0.4, 0.5) is 8.78 Å². The minimum atomic E-state index is -0.684. The number of allylic oxidation sites excluding steroid dienone is 4. The third-order valence-corrected chi connectivity index (χ3v) is 8.99. The minimum Gasteiger partial charge on any atom is -0.369 e. The van der Waals surface area contributed by atoms with Crippen molar-refractivity contribution in [3.8, 4) is 0 Å². The van der Waals surface area contributed by atoms with Crippen LogP contribution in [0, 0.1) is 11.8 Å². The third kappa shape index (κ3) is 5.46. The van der Waals surface area contributed by atoms with Gasteiger partial charge in [0.2, 0.25) is 5.91 Å². The molecule has 37 heavy (non-hydrogen) atoms. The first-order valence-electron chi connectivity index (χ1n) is 13.9. The molecule has 1 aliphatic carbocycles. The maximum atomic E-state index is 14.9. The molecule has 2 aliphatic heterocycles. The predicted octanol–water partition coefficient (Wildman–Crippen LogP) is 6.14. The summed E-state index contributed by atoms with van der Waals surface area (Å²) in [6.45, 7) is 14.8. The van der Waals surface area contributed by atoms with E-state index in [1.165, 1.54) is 24.1 Å². The van der Waals surface area contributed by atoms with Gasteiger partial charge in [-0.15, -0.1) is 0 Å². The van der Waals surface area contributed by atoms with E-state index >= 15 is 0 Å². The first kappa shape index (κ1) is 27.7. The Labute approximate surface area is 221 Å². The van der Waals surface area contributed by atoms with Gasteiger partial charge in [0.25, 0.3) is 0 Å². The number of hydrogen-bond donors (Lipinski definition) is 0. The van der Waals surface area contributed by atoms with Crippen molar-refractivity contribution in [3.63, 3.8) is 0 Å². The molecule has 0 N–H and O–H groups in total. The number of benzene rings is 1. The van der Waals surface area contributed by atoms with E-state index in [1.807, 2.05) is 18.7 Å². The molecule has 6 heteroatoms. The maximum Gasteiger partial charge on any atom is 0.227 e. The van der Waals surface area contributed by atoms with Crippen molar-refractivity contribution >= 4 is 5.91 Å². The summed E-state index contributed by atoms with van der Waals surface area (Å²) in [6.07, 6.45) is 6.44. The molecule has 0 radical (unpaired) electrons. The van der Waals surface area contributed by atoms with E-state index in [-0.39, 0.29) is 28.9 Å². The number of carbonyl (C=O) groups is 1. The topological polar surface area (TPSA) is 36.1 Å². The van der Waals surface area contributed by atoms with Gasteiger partial charge in [-0.1, -0.05) is 50.8 Å². The molecule has 0 aromatic heterocycles. The lowest BCUT2D eigenvalue weighted by atomic mass is 9.71. The van der Waals surface area contributed by atoms with Crippen LogP contribution < -0.4 is 0 Å². The highest BCUT2D eigenvalue weighted by molar-refractivity contribution is 5.80. The number of aryl methyl sites for hydroxylation is 1. The summed E-state index contributed by atoms with van der Waals surface area (Å²) in [4.78, 5) is 18.0. The molecule has 0 saturated carbocycles. The van der Waals surface area contributed by atoms with Gasteiger partial charge < -0.3 is 14.5 Å². The van der Waals surface area contributed by atoms with Crippen LogP contribution in [-0.2, 0) is 21.4 Å². The second-order valence-electron chi connectivity index (χ2n) is 10.7. The molecule has 2 heterocycles. The van der Waals surface area contributed by atoms with Crippen LogP contribution in [0.3, 0.4) is 0 Å². The van der Waals surface area contributed by atoms with Crippen molar-refractivity contribution in [2.75, 3.05) is 32.7 Å². The minimum absolute atomic E-state index is 0.0327. The summed E-state index contributed by atoms with van der Waals surface area (Å²) in [7, 11) is 0. The van der Waals surface area contributed by atoms with Gasteiger partial charge >= 0.3 is 0 Å². The fraction of sp³-hybridized carbons (Fsp3) is 0.581. The first-order valence-corrected chi connectivity index (χ1v) is 13.9. The standard InChI is InChI=1S/C31H42F2N2O2/c1-6-23(32)18-27(33)21(5)24-19-34(8-3)20-25(24)30(36)35(9-4)17-16-31(7-2)26-13-11-10-12-22(26)14-15-28-29(31)37-28/h6,10-13,18,24-25,28-29H,5,7-9,14-17,19-20H2,1-4H3/b23-6+,27-18+/t24-,25+,28?,29?,31?/m0/s1. The molecule has 2 fully saturated rings. The summed E-state index contributed by atoms with van der Waals surface area (Å²) in [5.41, 5.74) is 2.86. The van der Waals surface area contributed by atoms with Gasteiger partial charge in [0.1, 0.15) is 11.7 Å². The van der Waals surface area contributed by atoms with Crippen LogP contribution in [0.2, 0.25) is 0 Å². The largest absolute Gasteiger partial charge is 0.369 e. The van der Waals surface area contributed by atoms with Gasteiger partial charge in [0.05, 0.1) is 18.1 Å². The van der Waals surface area contributed by atoms with E-state index in [0.29, 0.717) is 32.3 Å². The number of ether oxygens (including phenoxy) is 1. The third-order valence-electron chi connectivity index (χ3n) is 8.99. The Hall–Kier alpha value is -2.31. The number of hydrogen-bond acceptors (Lipinski definition) is 3. The molecular formula is C31H42F2N2O2. The van der Waals surface area contributed by atoms with Crippen molar-refractivity contribution in [1.29, 1.82) is 0 Å². The van der Waals surface area contributed by atoms with Crippen LogP contribution in [0.15, 0.2) is 60.2 Å². The summed E-state index contributed by atoms with van der Waals surface area (Å²) in [6, 6.07) is 8.71. The Balaban J connectivity index is 1.54. The normalized spacial score (nSPS) is 29.9. The summed E-state index contributed by atoms with van der Waals surface area (Å²) < 4.78 is 34.8. The molecule has 1 amide bonds. The number of epoxide rings is 1. The van der Waals surface area contributed by atoms with E-state index in [1.54, 1.807) is 0 Å². The summed E-state index contributed by atoms with van der Waals surface area (Å²) in [5.74, 6) is -2.07. The molecule has 4 rings (SSSR count). The van der Waals surface area contributed by atoms with E-state index in [2.05, 4.69) is 42.7 Å². The Morgan fingerprint density at radius 2 is 1.95 bits per heavy atom. The van der Waals surface area contributed by atoms with Gasteiger partial charge in [-0.3, -0.25) is 4.79 Å². The smallest absolute Gasteiger partial charge is 0.227 e.